The van der Waals surface area contributed by atoms with Gasteiger partial charge in [0.15, 0.2) is 0 Å². The first-order chi connectivity index (χ1) is 9.13. The first-order valence-corrected chi connectivity index (χ1v) is 5.53. The van der Waals surface area contributed by atoms with Gasteiger partial charge in [-0.25, -0.2) is 4.79 Å². The Morgan fingerprint density at radius 3 is 2.58 bits per heavy atom. The number of aliphatic hydroxyl groups excluding tert-OH is 1. The van der Waals surface area contributed by atoms with E-state index in [4.69, 9.17) is 10.8 Å². The van der Waals surface area contributed by atoms with Crippen LogP contribution in [0.25, 0.3) is 0 Å². The van der Waals surface area contributed by atoms with Crippen LogP contribution in [0.15, 0.2) is 24.3 Å². The molecule has 1 aromatic carbocycles. The lowest BCUT2D eigenvalue weighted by atomic mass is 10.1. The predicted molar refractivity (Wildman–Crippen MR) is 68.3 cm³/mol. The Balaban J connectivity index is 2.46. The third kappa shape index (κ3) is 5.57. The molecule has 0 aliphatic carbocycles. The van der Waals surface area contributed by atoms with Gasteiger partial charge in [-0.2, -0.15) is 0 Å². The van der Waals surface area contributed by atoms with Crippen LogP contribution in [0.2, 0.25) is 0 Å². The third-order valence-electron chi connectivity index (χ3n) is 2.09. The molecule has 2 amide bonds. The van der Waals surface area contributed by atoms with Gasteiger partial charge in [-0.15, -0.1) is 0 Å². The molecule has 0 bridgehead atoms. The number of benzene rings is 1. The molecule has 0 unspecified atom stereocenters. The number of nitrogens with one attached hydrogen (secondary N) is 1. The highest BCUT2D eigenvalue weighted by Gasteiger charge is 2.04. The van der Waals surface area contributed by atoms with Gasteiger partial charge < -0.3 is 20.9 Å². The summed E-state index contributed by atoms with van der Waals surface area (Å²) in [5.41, 5.74) is 5.95. The van der Waals surface area contributed by atoms with Crippen molar-refractivity contribution in [2.75, 3.05) is 19.8 Å². The van der Waals surface area contributed by atoms with E-state index in [2.05, 4.69) is 21.9 Å². The molecule has 1 rings (SSSR count). The summed E-state index contributed by atoms with van der Waals surface area (Å²) in [6.07, 6.45) is -0.874. The van der Waals surface area contributed by atoms with Gasteiger partial charge >= 0.3 is 6.09 Å². The molecule has 0 aliphatic heterocycles. The molecule has 0 heterocycles. The van der Waals surface area contributed by atoms with E-state index in [1.165, 1.54) is 0 Å². The Hall–Kier alpha value is -2.52. The van der Waals surface area contributed by atoms with E-state index < -0.39 is 6.09 Å². The van der Waals surface area contributed by atoms with Gasteiger partial charge in [-0.1, -0.05) is 11.8 Å². The molecule has 100 valence electrons. The Morgan fingerprint density at radius 1 is 1.32 bits per heavy atom. The summed E-state index contributed by atoms with van der Waals surface area (Å²) in [6, 6.07) is 6.59. The van der Waals surface area contributed by atoms with Crippen molar-refractivity contribution in [3.05, 3.63) is 35.4 Å². The van der Waals surface area contributed by atoms with Crippen LogP contribution in [-0.2, 0) is 4.74 Å². The van der Waals surface area contributed by atoms with Gasteiger partial charge in [0.25, 0.3) is 5.91 Å². The van der Waals surface area contributed by atoms with Crippen molar-refractivity contribution in [1.29, 1.82) is 0 Å². The van der Waals surface area contributed by atoms with Crippen molar-refractivity contribution in [1.82, 2.24) is 5.32 Å². The molecule has 19 heavy (non-hydrogen) atoms. The summed E-state index contributed by atoms with van der Waals surface area (Å²) in [6.45, 7) is 0.0110. The summed E-state index contributed by atoms with van der Waals surface area (Å²) in [5.74, 6) is 4.95. The second-order valence-electron chi connectivity index (χ2n) is 3.46. The van der Waals surface area contributed by atoms with E-state index in [1.807, 2.05) is 0 Å². The number of carbonyl (C=O) groups is 2. The average Bonchev–Trinajstić information content (AvgIpc) is 2.41. The molecule has 0 saturated carbocycles. The summed E-state index contributed by atoms with van der Waals surface area (Å²) in [5, 5.41) is 11.1. The average molecular weight is 262 g/mol. The minimum Gasteiger partial charge on any atom is -0.448 e. The van der Waals surface area contributed by atoms with Crippen LogP contribution in [0, 0.1) is 11.8 Å². The minimum absolute atomic E-state index is 0.0289. The molecule has 0 atom stereocenters. The van der Waals surface area contributed by atoms with E-state index in [0.29, 0.717) is 11.1 Å². The number of amides is 2. The van der Waals surface area contributed by atoms with Gasteiger partial charge in [-0.05, 0) is 24.3 Å². The van der Waals surface area contributed by atoms with Crippen molar-refractivity contribution < 1.29 is 19.4 Å². The molecule has 4 N–H and O–H groups in total. The minimum atomic E-state index is -0.874. The zero-order chi connectivity index (χ0) is 14.1. The van der Waals surface area contributed by atoms with Crippen LogP contribution in [-0.4, -0.2) is 36.9 Å². The first-order valence-electron chi connectivity index (χ1n) is 5.53. The van der Waals surface area contributed by atoms with Crippen molar-refractivity contribution in [2.45, 2.75) is 0 Å². The number of hydrogen-bond acceptors (Lipinski definition) is 4. The summed E-state index contributed by atoms with van der Waals surface area (Å²) in [7, 11) is 0. The van der Waals surface area contributed by atoms with Gasteiger partial charge in [0.1, 0.15) is 13.2 Å². The number of aliphatic hydroxyl groups is 1. The highest BCUT2D eigenvalue weighted by atomic mass is 16.5. The molecule has 0 saturated heterocycles. The maximum atomic E-state index is 11.7. The molecule has 0 aromatic heterocycles. The lowest BCUT2D eigenvalue weighted by Gasteiger charge is -2.05. The van der Waals surface area contributed by atoms with Gasteiger partial charge in [0.2, 0.25) is 0 Å². The highest BCUT2D eigenvalue weighted by molar-refractivity contribution is 5.94. The van der Waals surface area contributed by atoms with E-state index in [-0.39, 0.29) is 25.7 Å². The fourth-order valence-electron chi connectivity index (χ4n) is 1.26. The highest BCUT2D eigenvalue weighted by Crippen LogP contribution is 2.03. The first kappa shape index (κ1) is 14.5. The molecule has 0 spiro atoms. The van der Waals surface area contributed by atoms with Crippen LogP contribution >= 0.6 is 0 Å². The Kier molecular flexibility index (Phi) is 5.92. The Morgan fingerprint density at radius 2 is 2.00 bits per heavy atom. The molecule has 6 heteroatoms. The summed E-state index contributed by atoms with van der Waals surface area (Å²) >= 11 is 0. The normalized spacial score (nSPS) is 9.11. The quantitative estimate of drug-likeness (QED) is 0.519. The molecule has 6 nitrogen and oxygen atoms in total. The van der Waals surface area contributed by atoms with Crippen LogP contribution in [0.3, 0.4) is 0 Å². The Labute approximate surface area is 110 Å². The maximum absolute atomic E-state index is 11.7. The fraction of sp³-hybridized carbons (Fsp3) is 0.231. The van der Waals surface area contributed by atoms with Gasteiger partial charge in [-0.3, -0.25) is 4.79 Å². The number of rotatable bonds is 4. The largest absolute Gasteiger partial charge is 0.448 e. The Bertz CT molecular complexity index is 500. The smallest absolute Gasteiger partial charge is 0.404 e. The second-order valence-corrected chi connectivity index (χ2v) is 3.46. The number of carbonyl (C=O) groups excluding carboxylic acids is 2. The second kappa shape index (κ2) is 7.74. The maximum Gasteiger partial charge on any atom is 0.404 e. The summed E-state index contributed by atoms with van der Waals surface area (Å²) < 4.78 is 4.47. The molecule has 0 fully saturated rings. The number of primary amides is 1. The number of hydrogen-bond donors (Lipinski definition) is 3. The molecular weight excluding hydrogens is 248 g/mol. The molecule has 0 radical (unpaired) electrons. The van der Waals surface area contributed by atoms with Crippen molar-refractivity contribution in [3.63, 3.8) is 0 Å². The lowest BCUT2D eigenvalue weighted by molar-refractivity contribution is 0.0937. The van der Waals surface area contributed by atoms with E-state index in [1.54, 1.807) is 24.3 Å². The van der Waals surface area contributed by atoms with Crippen LogP contribution in [0.4, 0.5) is 4.79 Å². The van der Waals surface area contributed by atoms with E-state index >= 15 is 0 Å². The molecular formula is C13H14N2O4. The molecule has 1 aromatic rings. The standard InChI is InChI=1S/C13H14N2O4/c14-13(18)19-9-7-15-12(17)11-5-3-10(4-6-11)2-1-8-16/h3-6,16H,7-9H2,(H2,14,18)(H,15,17). The monoisotopic (exact) mass is 262 g/mol. The number of nitrogens with two attached hydrogens (primary N) is 1. The zero-order valence-electron chi connectivity index (χ0n) is 10.2. The fourth-order valence-corrected chi connectivity index (χ4v) is 1.26. The topological polar surface area (TPSA) is 102 Å². The van der Waals surface area contributed by atoms with Crippen LogP contribution < -0.4 is 11.1 Å². The van der Waals surface area contributed by atoms with Gasteiger partial charge in [0.05, 0.1) is 6.54 Å². The predicted octanol–water partition coefficient (Wildman–Crippen LogP) is -0.144. The van der Waals surface area contributed by atoms with E-state index in [9.17, 15) is 9.59 Å². The lowest BCUT2D eigenvalue weighted by Crippen LogP contribution is -2.28. The summed E-state index contributed by atoms with van der Waals surface area (Å²) in [4.78, 5) is 22.0. The van der Waals surface area contributed by atoms with Crippen LogP contribution in [0.5, 0.6) is 0 Å². The van der Waals surface area contributed by atoms with Crippen molar-refractivity contribution >= 4 is 12.0 Å². The molecule has 0 aliphatic rings. The SMILES string of the molecule is NC(=O)OCCNC(=O)c1ccc(C#CCO)cc1. The number of ether oxygens (including phenoxy) is 1. The van der Waals surface area contributed by atoms with Crippen molar-refractivity contribution in [2.24, 2.45) is 5.73 Å². The van der Waals surface area contributed by atoms with Gasteiger partial charge in [0, 0.05) is 11.1 Å². The van der Waals surface area contributed by atoms with Crippen LogP contribution in [0.1, 0.15) is 15.9 Å². The third-order valence-corrected chi connectivity index (χ3v) is 2.09. The van der Waals surface area contributed by atoms with Crippen molar-refractivity contribution in [3.8, 4) is 11.8 Å². The zero-order valence-corrected chi connectivity index (χ0v) is 10.2. The van der Waals surface area contributed by atoms with E-state index in [0.717, 1.165) is 0 Å².